The van der Waals surface area contributed by atoms with E-state index in [0.717, 1.165) is 29.1 Å². The van der Waals surface area contributed by atoms with Gasteiger partial charge in [-0.15, -0.1) is 0 Å². The predicted octanol–water partition coefficient (Wildman–Crippen LogP) is 2.32. The standard InChI is InChI=1S/C18H28N2O4S/c1-13-9-10-16(17(11-13)25(22,23)20(3)4)24-12-18(21)19-15-8-6-5-7-14(15)2/h9-11,14-15H,5-8,12H2,1-4H3,(H,19,21)/t14-,15-/m1/s1. The van der Waals surface area contributed by atoms with Crippen molar-refractivity contribution in [2.24, 2.45) is 5.92 Å². The van der Waals surface area contributed by atoms with Crippen molar-refractivity contribution in [1.82, 2.24) is 9.62 Å². The molecule has 0 aliphatic heterocycles. The summed E-state index contributed by atoms with van der Waals surface area (Å²) in [6.07, 6.45) is 4.44. The van der Waals surface area contributed by atoms with E-state index in [1.54, 1.807) is 18.2 Å². The van der Waals surface area contributed by atoms with Crippen LogP contribution in [-0.2, 0) is 14.8 Å². The zero-order valence-corrected chi connectivity index (χ0v) is 16.2. The van der Waals surface area contributed by atoms with Gasteiger partial charge < -0.3 is 10.1 Å². The molecule has 1 saturated carbocycles. The van der Waals surface area contributed by atoms with Gasteiger partial charge in [0.05, 0.1) is 0 Å². The van der Waals surface area contributed by atoms with Crippen LogP contribution in [0, 0.1) is 12.8 Å². The second-order valence-corrected chi connectivity index (χ2v) is 9.08. The van der Waals surface area contributed by atoms with E-state index < -0.39 is 10.0 Å². The first-order valence-corrected chi connectivity index (χ1v) is 10.1. The molecule has 2 atom stereocenters. The summed E-state index contributed by atoms with van der Waals surface area (Å²) in [4.78, 5) is 12.3. The van der Waals surface area contributed by atoms with Gasteiger partial charge in [-0.2, -0.15) is 0 Å². The lowest BCUT2D eigenvalue weighted by Gasteiger charge is -2.29. The number of hydrogen-bond donors (Lipinski definition) is 1. The number of ether oxygens (including phenoxy) is 1. The highest BCUT2D eigenvalue weighted by molar-refractivity contribution is 7.89. The number of aryl methyl sites for hydroxylation is 1. The van der Waals surface area contributed by atoms with E-state index in [4.69, 9.17) is 4.74 Å². The number of nitrogens with one attached hydrogen (secondary N) is 1. The van der Waals surface area contributed by atoms with Gasteiger partial charge in [0.1, 0.15) is 10.6 Å². The number of sulfonamides is 1. The van der Waals surface area contributed by atoms with Crippen LogP contribution in [-0.4, -0.2) is 45.4 Å². The summed E-state index contributed by atoms with van der Waals surface area (Å²) in [6.45, 7) is 3.77. The topological polar surface area (TPSA) is 75.7 Å². The minimum atomic E-state index is -3.64. The molecule has 25 heavy (non-hydrogen) atoms. The third kappa shape index (κ3) is 4.95. The molecule has 6 nitrogen and oxygen atoms in total. The van der Waals surface area contributed by atoms with E-state index in [9.17, 15) is 13.2 Å². The molecule has 1 amide bonds. The largest absolute Gasteiger partial charge is 0.482 e. The minimum Gasteiger partial charge on any atom is -0.482 e. The number of hydrogen-bond acceptors (Lipinski definition) is 4. The van der Waals surface area contributed by atoms with Gasteiger partial charge in [0.25, 0.3) is 5.91 Å². The Kier molecular flexibility index (Phi) is 6.46. The molecule has 1 N–H and O–H groups in total. The number of carbonyl (C=O) groups is 1. The maximum absolute atomic E-state index is 12.5. The highest BCUT2D eigenvalue weighted by Gasteiger charge is 2.25. The number of carbonyl (C=O) groups excluding carboxylic acids is 1. The van der Waals surface area contributed by atoms with Crippen molar-refractivity contribution in [2.75, 3.05) is 20.7 Å². The first-order chi connectivity index (χ1) is 11.7. The van der Waals surface area contributed by atoms with E-state index in [-0.39, 0.29) is 29.2 Å². The molecule has 0 unspecified atom stereocenters. The maximum atomic E-state index is 12.5. The molecule has 1 aliphatic carbocycles. The SMILES string of the molecule is Cc1ccc(OCC(=O)N[C@@H]2CCCC[C@H]2C)c(S(=O)(=O)N(C)C)c1. The molecule has 0 radical (unpaired) electrons. The molecule has 0 saturated heterocycles. The van der Waals surface area contributed by atoms with Crippen LogP contribution in [0.3, 0.4) is 0 Å². The van der Waals surface area contributed by atoms with Gasteiger partial charge in [-0.1, -0.05) is 25.8 Å². The van der Waals surface area contributed by atoms with E-state index in [0.29, 0.717) is 5.92 Å². The van der Waals surface area contributed by atoms with Crippen LogP contribution in [0.2, 0.25) is 0 Å². The average Bonchev–Trinajstić information content (AvgIpc) is 2.55. The van der Waals surface area contributed by atoms with Gasteiger partial charge in [-0.3, -0.25) is 4.79 Å². The van der Waals surface area contributed by atoms with Crippen LogP contribution >= 0.6 is 0 Å². The number of amides is 1. The lowest BCUT2D eigenvalue weighted by atomic mass is 9.86. The normalized spacial score (nSPS) is 21.2. The lowest BCUT2D eigenvalue weighted by Crippen LogP contribution is -2.43. The monoisotopic (exact) mass is 368 g/mol. The molecule has 1 aromatic rings. The van der Waals surface area contributed by atoms with Gasteiger partial charge in [0.15, 0.2) is 6.61 Å². The van der Waals surface area contributed by atoms with Crippen LogP contribution in [0.15, 0.2) is 23.1 Å². The smallest absolute Gasteiger partial charge is 0.258 e. The van der Waals surface area contributed by atoms with Crippen LogP contribution < -0.4 is 10.1 Å². The molecule has 0 heterocycles. The summed E-state index contributed by atoms with van der Waals surface area (Å²) >= 11 is 0. The Hall–Kier alpha value is -1.60. The highest BCUT2D eigenvalue weighted by atomic mass is 32.2. The van der Waals surface area contributed by atoms with E-state index in [1.165, 1.54) is 20.5 Å². The Morgan fingerprint density at radius 3 is 2.60 bits per heavy atom. The first kappa shape index (κ1) is 19.7. The third-order valence-electron chi connectivity index (χ3n) is 4.67. The number of rotatable bonds is 6. The quantitative estimate of drug-likeness (QED) is 0.836. The van der Waals surface area contributed by atoms with Gasteiger partial charge >= 0.3 is 0 Å². The van der Waals surface area contributed by atoms with Crippen molar-refractivity contribution in [1.29, 1.82) is 0 Å². The van der Waals surface area contributed by atoms with E-state index in [1.807, 2.05) is 6.92 Å². The van der Waals surface area contributed by atoms with Crippen molar-refractivity contribution in [3.63, 3.8) is 0 Å². The maximum Gasteiger partial charge on any atom is 0.258 e. The lowest BCUT2D eigenvalue weighted by molar-refractivity contribution is -0.124. The molecule has 1 aliphatic rings. The Bertz CT molecular complexity index is 716. The van der Waals surface area contributed by atoms with Gasteiger partial charge in [-0.25, -0.2) is 12.7 Å². The first-order valence-electron chi connectivity index (χ1n) is 8.67. The fraction of sp³-hybridized carbons (Fsp3) is 0.611. The molecule has 140 valence electrons. The number of benzene rings is 1. The second-order valence-electron chi connectivity index (χ2n) is 6.96. The van der Waals surface area contributed by atoms with Crippen molar-refractivity contribution >= 4 is 15.9 Å². The predicted molar refractivity (Wildman–Crippen MR) is 97.1 cm³/mol. The summed E-state index contributed by atoms with van der Waals surface area (Å²) < 4.78 is 31.6. The molecule has 1 fully saturated rings. The second kappa shape index (κ2) is 8.19. The van der Waals surface area contributed by atoms with Crippen LogP contribution in [0.4, 0.5) is 0 Å². The third-order valence-corrected chi connectivity index (χ3v) is 6.51. The highest BCUT2D eigenvalue weighted by Crippen LogP contribution is 2.27. The van der Waals surface area contributed by atoms with Gasteiger partial charge in [0.2, 0.25) is 10.0 Å². The Balaban J connectivity index is 2.06. The van der Waals surface area contributed by atoms with Crippen molar-refractivity contribution < 1.29 is 17.9 Å². The molecular weight excluding hydrogens is 340 g/mol. The molecule has 2 rings (SSSR count). The molecule has 1 aromatic carbocycles. The zero-order valence-electron chi connectivity index (χ0n) is 15.4. The molecule has 7 heteroatoms. The van der Waals surface area contributed by atoms with E-state index >= 15 is 0 Å². The summed E-state index contributed by atoms with van der Waals surface area (Å²) in [6, 6.07) is 5.10. The zero-order chi connectivity index (χ0) is 18.6. The summed E-state index contributed by atoms with van der Waals surface area (Å²) in [5.74, 6) is 0.445. The Morgan fingerprint density at radius 2 is 1.96 bits per heavy atom. The molecular formula is C18H28N2O4S. The van der Waals surface area contributed by atoms with E-state index in [2.05, 4.69) is 12.2 Å². The summed E-state index contributed by atoms with van der Waals surface area (Å²) in [5, 5.41) is 3.01. The fourth-order valence-corrected chi connectivity index (χ4v) is 4.16. The molecule has 0 bridgehead atoms. The van der Waals surface area contributed by atoms with Crippen molar-refractivity contribution in [2.45, 2.75) is 50.5 Å². The molecule has 0 spiro atoms. The Labute approximate surface area is 150 Å². The Morgan fingerprint density at radius 1 is 1.28 bits per heavy atom. The van der Waals surface area contributed by atoms with Gasteiger partial charge in [0, 0.05) is 20.1 Å². The summed E-state index contributed by atoms with van der Waals surface area (Å²) in [7, 11) is -0.696. The van der Waals surface area contributed by atoms with Crippen molar-refractivity contribution in [3.05, 3.63) is 23.8 Å². The van der Waals surface area contributed by atoms with Crippen LogP contribution in [0.25, 0.3) is 0 Å². The van der Waals surface area contributed by atoms with Crippen LogP contribution in [0.1, 0.15) is 38.2 Å². The van der Waals surface area contributed by atoms with Crippen molar-refractivity contribution in [3.8, 4) is 5.75 Å². The van der Waals surface area contributed by atoms with Gasteiger partial charge in [-0.05, 0) is 43.4 Å². The fourth-order valence-electron chi connectivity index (χ4n) is 3.06. The average molecular weight is 368 g/mol. The summed E-state index contributed by atoms with van der Waals surface area (Å²) in [5.41, 5.74) is 0.813. The minimum absolute atomic E-state index is 0.0799. The molecule has 0 aromatic heterocycles. The van der Waals surface area contributed by atoms with Crippen LogP contribution in [0.5, 0.6) is 5.75 Å². The number of nitrogens with zero attached hydrogens (tertiary/aromatic N) is 1.